The lowest BCUT2D eigenvalue weighted by atomic mass is 9.98. The summed E-state index contributed by atoms with van der Waals surface area (Å²) in [5.74, 6) is -1.93. The number of carboxylic acids is 1. The zero-order valence-electron chi connectivity index (χ0n) is 18.9. The molecule has 0 saturated heterocycles. The molecule has 0 saturated carbocycles. The number of nitrogens with one attached hydrogen (secondary N) is 2. The molecule has 0 radical (unpaired) electrons. The first-order valence-electron chi connectivity index (χ1n) is 10.9. The molecule has 0 aliphatic rings. The Morgan fingerprint density at radius 1 is 0.882 bits per heavy atom. The summed E-state index contributed by atoms with van der Waals surface area (Å²) in [6.07, 6.45) is 1.18. The van der Waals surface area contributed by atoms with Gasteiger partial charge in [0.1, 0.15) is 0 Å². The molecule has 3 N–H and O–H groups in total. The second-order valence-corrected chi connectivity index (χ2v) is 10.1. The Balaban J connectivity index is 1.66. The smallest absolute Gasteiger partial charge is 0.318 e. The van der Waals surface area contributed by atoms with Crippen LogP contribution in [-0.4, -0.2) is 38.3 Å². The first-order valence-corrected chi connectivity index (χ1v) is 12.6. The van der Waals surface area contributed by atoms with Crippen LogP contribution in [0.25, 0.3) is 0 Å². The zero-order chi connectivity index (χ0) is 24.6. The molecule has 0 bridgehead atoms. The SMILES string of the molecule is CNC(=O)Nc1cccc(CCc2ccc(S(=O)(=O)CC(CC(=O)O)c3ccccc3)cc2)c1. The first-order chi connectivity index (χ1) is 16.3. The summed E-state index contributed by atoms with van der Waals surface area (Å²) in [6, 6.07) is 22.9. The number of benzene rings is 3. The highest BCUT2D eigenvalue weighted by Gasteiger charge is 2.24. The highest BCUT2D eigenvalue weighted by Crippen LogP contribution is 2.25. The molecule has 8 heteroatoms. The molecule has 0 fully saturated rings. The van der Waals surface area contributed by atoms with Crippen molar-refractivity contribution in [3.63, 3.8) is 0 Å². The molecule has 0 spiro atoms. The summed E-state index contributed by atoms with van der Waals surface area (Å²) in [5, 5.41) is 14.5. The van der Waals surface area contributed by atoms with Gasteiger partial charge in [0, 0.05) is 18.7 Å². The standard InChI is InChI=1S/C26H28N2O5S/c1-27-26(31)28-23-9-5-6-20(16-23)11-10-19-12-14-24(15-13-19)34(32,33)18-22(17-25(29)30)21-7-3-2-4-8-21/h2-9,12-16,22H,10-11,17-18H2,1H3,(H,29,30)(H2,27,28,31). The summed E-state index contributed by atoms with van der Waals surface area (Å²) < 4.78 is 26.0. The third-order valence-corrected chi connectivity index (χ3v) is 7.34. The number of hydrogen-bond acceptors (Lipinski definition) is 4. The quantitative estimate of drug-likeness (QED) is 0.401. The van der Waals surface area contributed by atoms with Gasteiger partial charge in [0.15, 0.2) is 9.84 Å². The zero-order valence-corrected chi connectivity index (χ0v) is 19.7. The molecule has 0 aliphatic carbocycles. The minimum Gasteiger partial charge on any atom is -0.481 e. The summed E-state index contributed by atoms with van der Waals surface area (Å²) >= 11 is 0. The molecule has 3 rings (SSSR count). The number of carboxylic acid groups (broad SMARTS) is 1. The number of aliphatic carboxylic acids is 1. The van der Waals surface area contributed by atoms with Crippen molar-refractivity contribution in [3.8, 4) is 0 Å². The number of carbonyl (C=O) groups excluding carboxylic acids is 1. The van der Waals surface area contributed by atoms with Crippen LogP contribution < -0.4 is 10.6 Å². The molecule has 3 aromatic carbocycles. The van der Waals surface area contributed by atoms with Crippen molar-refractivity contribution in [1.82, 2.24) is 5.32 Å². The topological polar surface area (TPSA) is 113 Å². The summed E-state index contributed by atoms with van der Waals surface area (Å²) in [4.78, 5) is 23.0. The van der Waals surface area contributed by atoms with E-state index in [4.69, 9.17) is 0 Å². The van der Waals surface area contributed by atoms with E-state index in [9.17, 15) is 23.1 Å². The van der Waals surface area contributed by atoms with Gasteiger partial charge in [-0.25, -0.2) is 13.2 Å². The van der Waals surface area contributed by atoms with E-state index in [-0.39, 0.29) is 23.1 Å². The Labute approximate surface area is 199 Å². The highest BCUT2D eigenvalue weighted by molar-refractivity contribution is 7.91. The molecule has 0 aliphatic heterocycles. The maximum atomic E-state index is 13.0. The number of urea groups is 1. The fraction of sp³-hybridized carbons (Fsp3) is 0.231. The van der Waals surface area contributed by atoms with Gasteiger partial charge in [0.25, 0.3) is 0 Å². The second kappa shape index (κ2) is 11.5. The van der Waals surface area contributed by atoms with Crippen LogP contribution in [0.1, 0.15) is 29.0 Å². The van der Waals surface area contributed by atoms with Crippen LogP contribution in [0, 0.1) is 0 Å². The third kappa shape index (κ3) is 7.18. The van der Waals surface area contributed by atoms with E-state index in [1.54, 1.807) is 55.6 Å². The Kier molecular flexibility index (Phi) is 8.43. The number of sulfone groups is 1. The van der Waals surface area contributed by atoms with Gasteiger partial charge in [0.05, 0.1) is 17.1 Å². The van der Waals surface area contributed by atoms with Crippen LogP contribution in [0.4, 0.5) is 10.5 Å². The molecule has 0 aromatic heterocycles. The van der Waals surface area contributed by atoms with Gasteiger partial charge < -0.3 is 15.7 Å². The van der Waals surface area contributed by atoms with Gasteiger partial charge in [-0.2, -0.15) is 0 Å². The maximum absolute atomic E-state index is 13.0. The Morgan fingerprint density at radius 3 is 2.21 bits per heavy atom. The van der Waals surface area contributed by atoms with Crippen molar-refractivity contribution >= 4 is 27.5 Å². The van der Waals surface area contributed by atoms with Crippen molar-refractivity contribution < 1.29 is 23.1 Å². The molecular weight excluding hydrogens is 452 g/mol. The molecule has 34 heavy (non-hydrogen) atoms. The van der Waals surface area contributed by atoms with E-state index >= 15 is 0 Å². The fourth-order valence-electron chi connectivity index (χ4n) is 3.72. The van der Waals surface area contributed by atoms with Gasteiger partial charge in [-0.3, -0.25) is 4.79 Å². The minimum atomic E-state index is -3.67. The molecule has 3 aromatic rings. The van der Waals surface area contributed by atoms with Gasteiger partial charge in [-0.15, -0.1) is 0 Å². The van der Waals surface area contributed by atoms with Gasteiger partial charge in [0.2, 0.25) is 0 Å². The highest BCUT2D eigenvalue weighted by atomic mass is 32.2. The monoisotopic (exact) mass is 480 g/mol. The fourth-order valence-corrected chi connectivity index (χ4v) is 5.30. The van der Waals surface area contributed by atoms with Crippen LogP contribution in [0.2, 0.25) is 0 Å². The summed E-state index contributed by atoms with van der Waals surface area (Å²) in [6.45, 7) is 0. The van der Waals surface area contributed by atoms with Crippen molar-refractivity contribution in [3.05, 3.63) is 95.6 Å². The van der Waals surface area contributed by atoms with Crippen molar-refractivity contribution in [1.29, 1.82) is 0 Å². The average molecular weight is 481 g/mol. The number of carbonyl (C=O) groups is 2. The molecule has 7 nitrogen and oxygen atoms in total. The number of amides is 2. The largest absolute Gasteiger partial charge is 0.481 e. The summed E-state index contributed by atoms with van der Waals surface area (Å²) in [5.41, 5.74) is 3.42. The normalized spacial score (nSPS) is 12.0. The van der Waals surface area contributed by atoms with Gasteiger partial charge in [-0.05, 0) is 53.8 Å². The lowest BCUT2D eigenvalue weighted by Crippen LogP contribution is -2.24. The van der Waals surface area contributed by atoms with E-state index < -0.39 is 21.7 Å². The molecule has 0 heterocycles. The van der Waals surface area contributed by atoms with E-state index in [1.807, 2.05) is 30.3 Å². The summed E-state index contributed by atoms with van der Waals surface area (Å²) in [7, 11) is -2.11. The molecule has 178 valence electrons. The van der Waals surface area contributed by atoms with Crippen LogP contribution in [0.5, 0.6) is 0 Å². The van der Waals surface area contributed by atoms with Crippen molar-refractivity contribution in [2.75, 3.05) is 18.1 Å². The Hall–Kier alpha value is -3.65. The predicted molar refractivity (Wildman–Crippen MR) is 132 cm³/mol. The molecular formula is C26H28N2O5S. The first kappa shape index (κ1) is 25.0. The Bertz CT molecular complexity index is 1230. The Morgan fingerprint density at radius 2 is 1.56 bits per heavy atom. The molecule has 1 atom stereocenters. The number of hydrogen-bond donors (Lipinski definition) is 3. The second-order valence-electron chi connectivity index (χ2n) is 8.04. The van der Waals surface area contributed by atoms with E-state index in [0.717, 1.165) is 17.5 Å². The van der Waals surface area contributed by atoms with Crippen LogP contribution in [0.15, 0.2) is 83.8 Å². The molecule has 2 amide bonds. The number of rotatable bonds is 10. The van der Waals surface area contributed by atoms with Crippen LogP contribution in [-0.2, 0) is 27.5 Å². The number of anilines is 1. The third-order valence-electron chi connectivity index (χ3n) is 5.51. The van der Waals surface area contributed by atoms with Crippen molar-refractivity contribution in [2.24, 2.45) is 0 Å². The van der Waals surface area contributed by atoms with E-state index in [1.165, 1.54) is 0 Å². The average Bonchev–Trinajstić information content (AvgIpc) is 2.83. The lowest BCUT2D eigenvalue weighted by Gasteiger charge is -2.16. The molecule has 1 unspecified atom stereocenters. The number of aryl methyl sites for hydroxylation is 2. The minimum absolute atomic E-state index is 0.180. The van der Waals surface area contributed by atoms with E-state index in [0.29, 0.717) is 17.7 Å². The van der Waals surface area contributed by atoms with Crippen molar-refractivity contribution in [2.45, 2.75) is 30.1 Å². The lowest BCUT2D eigenvalue weighted by molar-refractivity contribution is -0.137. The predicted octanol–water partition coefficient (Wildman–Crippen LogP) is 4.26. The van der Waals surface area contributed by atoms with Gasteiger partial charge >= 0.3 is 12.0 Å². The maximum Gasteiger partial charge on any atom is 0.318 e. The van der Waals surface area contributed by atoms with Crippen LogP contribution >= 0.6 is 0 Å². The van der Waals surface area contributed by atoms with Crippen LogP contribution in [0.3, 0.4) is 0 Å². The van der Waals surface area contributed by atoms with Gasteiger partial charge in [-0.1, -0.05) is 54.6 Å². The van der Waals surface area contributed by atoms with E-state index in [2.05, 4.69) is 10.6 Å².